The van der Waals surface area contributed by atoms with Gasteiger partial charge in [-0.1, -0.05) is 30.0 Å². The summed E-state index contributed by atoms with van der Waals surface area (Å²) < 4.78 is 7.22. The van der Waals surface area contributed by atoms with Crippen molar-refractivity contribution in [3.8, 4) is 5.75 Å². The highest BCUT2D eigenvalue weighted by Gasteiger charge is 2.14. The number of hydrogen-bond donors (Lipinski definition) is 1. The van der Waals surface area contributed by atoms with Crippen molar-refractivity contribution in [3.63, 3.8) is 0 Å². The number of anilines is 1. The molecule has 2 aromatic heterocycles. The highest BCUT2D eigenvalue weighted by Crippen LogP contribution is 2.20. The number of hydrogen-bond acceptors (Lipinski definition) is 7. The molecule has 0 atom stereocenters. The topological polar surface area (TPSA) is 81.9 Å². The fourth-order valence-corrected chi connectivity index (χ4v) is 4.33. The number of aryl methyl sites for hydroxylation is 3. The maximum Gasteiger partial charge on any atom is 0.236 e. The minimum Gasteiger partial charge on any atom is -0.497 e. The van der Waals surface area contributed by atoms with Crippen molar-refractivity contribution in [2.75, 3.05) is 18.2 Å². The Morgan fingerprint density at radius 2 is 2.10 bits per heavy atom. The highest BCUT2D eigenvalue weighted by atomic mass is 32.2. The quantitative estimate of drug-likeness (QED) is 0.354. The van der Waals surface area contributed by atoms with Gasteiger partial charge in [-0.05, 0) is 37.5 Å². The third-order valence-electron chi connectivity index (χ3n) is 4.33. The molecule has 30 heavy (non-hydrogen) atoms. The Hall–Kier alpha value is -2.65. The van der Waals surface area contributed by atoms with Crippen molar-refractivity contribution in [1.82, 2.24) is 19.7 Å². The Morgan fingerprint density at radius 3 is 2.77 bits per heavy atom. The lowest BCUT2D eigenvalue weighted by Crippen LogP contribution is -2.14. The molecule has 3 aromatic rings. The van der Waals surface area contributed by atoms with Gasteiger partial charge in [-0.3, -0.25) is 4.79 Å². The smallest absolute Gasteiger partial charge is 0.236 e. The normalized spacial score (nSPS) is 10.7. The van der Waals surface area contributed by atoms with E-state index in [4.69, 9.17) is 4.74 Å². The van der Waals surface area contributed by atoms with Crippen LogP contribution in [-0.4, -0.2) is 38.5 Å². The predicted octanol–water partition coefficient (Wildman–Crippen LogP) is 4.14. The lowest BCUT2D eigenvalue weighted by atomic mass is 10.1. The number of benzene rings is 1. The van der Waals surface area contributed by atoms with Crippen LogP contribution in [0.15, 0.2) is 47.5 Å². The average Bonchev–Trinajstić information content (AvgIpc) is 3.33. The monoisotopic (exact) mass is 443 g/mol. The number of ether oxygens (including phenoxy) is 1. The third-order valence-corrected chi connectivity index (χ3v) is 6.17. The van der Waals surface area contributed by atoms with Crippen LogP contribution in [0.2, 0.25) is 0 Å². The Bertz CT molecular complexity index is 982. The van der Waals surface area contributed by atoms with Crippen molar-refractivity contribution < 1.29 is 9.53 Å². The Balaban J connectivity index is 1.54. The summed E-state index contributed by atoms with van der Waals surface area (Å²) in [6, 6.07) is 8.11. The summed E-state index contributed by atoms with van der Waals surface area (Å²) in [6.07, 6.45) is 4.52. The number of nitrogens with zero attached hydrogens (tertiary/aromatic N) is 4. The summed E-state index contributed by atoms with van der Waals surface area (Å²) in [5.74, 6) is 1.91. The summed E-state index contributed by atoms with van der Waals surface area (Å²) >= 11 is 2.79. The second kappa shape index (κ2) is 10.9. The van der Waals surface area contributed by atoms with E-state index in [9.17, 15) is 4.79 Å². The SMILES string of the molecule is C=CCn1c(CCCc2ccc(OC)cc2)nnc1SCC(=O)Nc1nc(C)cs1. The van der Waals surface area contributed by atoms with E-state index in [1.807, 2.05) is 35.1 Å². The fraction of sp³-hybridized carbons (Fsp3) is 0.333. The zero-order valence-corrected chi connectivity index (χ0v) is 18.8. The van der Waals surface area contributed by atoms with Gasteiger partial charge in [-0.2, -0.15) is 0 Å². The van der Waals surface area contributed by atoms with Crippen LogP contribution in [-0.2, 0) is 24.2 Å². The molecule has 9 heteroatoms. The van der Waals surface area contributed by atoms with Crippen molar-refractivity contribution in [2.45, 2.75) is 37.9 Å². The molecule has 0 saturated carbocycles. The van der Waals surface area contributed by atoms with Crippen LogP contribution in [0.3, 0.4) is 0 Å². The summed E-state index contributed by atoms with van der Waals surface area (Å²) in [5, 5.41) is 14.7. The van der Waals surface area contributed by atoms with Crippen LogP contribution >= 0.6 is 23.1 Å². The second-order valence-corrected chi connectivity index (χ2v) is 8.43. The molecule has 0 saturated heterocycles. The number of rotatable bonds is 11. The van der Waals surface area contributed by atoms with Gasteiger partial charge in [-0.15, -0.1) is 28.1 Å². The number of thiazole rings is 1. The maximum atomic E-state index is 12.2. The van der Waals surface area contributed by atoms with Gasteiger partial charge in [0.15, 0.2) is 10.3 Å². The molecule has 158 valence electrons. The van der Waals surface area contributed by atoms with Crippen LogP contribution in [0.25, 0.3) is 0 Å². The average molecular weight is 444 g/mol. The van der Waals surface area contributed by atoms with Crippen LogP contribution in [0.1, 0.15) is 23.5 Å². The molecule has 0 bridgehead atoms. The molecular weight excluding hydrogens is 418 g/mol. The highest BCUT2D eigenvalue weighted by molar-refractivity contribution is 7.99. The molecular formula is C21H25N5O2S2. The molecule has 3 rings (SSSR count). The first-order valence-electron chi connectivity index (χ1n) is 9.59. The van der Waals surface area contributed by atoms with Gasteiger partial charge in [0.25, 0.3) is 0 Å². The number of amides is 1. The largest absolute Gasteiger partial charge is 0.497 e. The molecule has 0 radical (unpaired) electrons. The molecule has 1 aromatic carbocycles. The van der Waals surface area contributed by atoms with Gasteiger partial charge in [-0.25, -0.2) is 4.98 Å². The number of allylic oxidation sites excluding steroid dienone is 1. The Kier molecular flexibility index (Phi) is 8.04. The molecule has 0 spiro atoms. The van der Waals surface area contributed by atoms with Crippen molar-refractivity contribution in [2.24, 2.45) is 0 Å². The predicted molar refractivity (Wildman–Crippen MR) is 121 cm³/mol. The van der Waals surface area contributed by atoms with Crippen LogP contribution in [0, 0.1) is 6.92 Å². The molecule has 1 N–H and O–H groups in total. The molecule has 2 heterocycles. The van der Waals surface area contributed by atoms with E-state index in [1.165, 1.54) is 28.7 Å². The van der Waals surface area contributed by atoms with Crippen LogP contribution in [0.4, 0.5) is 5.13 Å². The summed E-state index contributed by atoms with van der Waals surface area (Å²) in [6.45, 7) is 6.34. The minimum atomic E-state index is -0.108. The lowest BCUT2D eigenvalue weighted by Gasteiger charge is -2.08. The van der Waals surface area contributed by atoms with E-state index < -0.39 is 0 Å². The van der Waals surface area contributed by atoms with Gasteiger partial charge in [0.2, 0.25) is 5.91 Å². The molecule has 0 fully saturated rings. The number of carbonyl (C=O) groups excluding carboxylic acids is 1. The Labute approximate surface area is 184 Å². The van der Waals surface area contributed by atoms with E-state index in [0.29, 0.717) is 11.7 Å². The molecule has 1 amide bonds. The van der Waals surface area contributed by atoms with Gasteiger partial charge < -0.3 is 14.6 Å². The summed E-state index contributed by atoms with van der Waals surface area (Å²) in [4.78, 5) is 16.4. The van der Waals surface area contributed by atoms with Crippen molar-refractivity contribution >= 4 is 34.1 Å². The van der Waals surface area contributed by atoms with Gasteiger partial charge in [0.05, 0.1) is 18.6 Å². The first-order valence-corrected chi connectivity index (χ1v) is 11.5. The van der Waals surface area contributed by atoms with Crippen molar-refractivity contribution in [3.05, 3.63) is 59.4 Å². The van der Waals surface area contributed by atoms with Gasteiger partial charge >= 0.3 is 0 Å². The molecule has 0 aliphatic heterocycles. The van der Waals surface area contributed by atoms with Gasteiger partial charge in [0, 0.05) is 18.3 Å². The number of methoxy groups -OCH3 is 1. The first kappa shape index (κ1) is 22.0. The number of thioether (sulfide) groups is 1. The number of carbonyl (C=O) groups is 1. The second-order valence-electron chi connectivity index (χ2n) is 6.63. The standard InChI is InChI=1S/C21H25N5O2S2/c1-4-12-26-18(7-5-6-16-8-10-17(28-3)11-9-16)24-25-21(26)30-14-19(27)23-20-22-15(2)13-29-20/h4,8-11,13H,1,5-7,12,14H2,2-3H3,(H,22,23,27). The number of aromatic nitrogens is 4. The number of nitrogens with one attached hydrogen (secondary N) is 1. The molecule has 0 unspecified atom stereocenters. The minimum absolute atomic E-state index is 0.108. The summed E-state index contributed by atoms with van der Waals surface area (Å²) in [5.41, 5.74) is 2.15. The fourth-order valence-electron chi connectivity index (χ4n) is 2.86. The van der Waals surface area contributed by atoms with E-state index in [2.05, 4.69) is 39.2 Å². The van der Waals surface area contributed by atoms with Crippen LogP contribution < -0.4 is 10.1 Å². The molecule has 0 aliphatic rings. The first-order chi connectivity index (χ1) is 14.6. The maximum absolute atomic E-state index is 12.2. The molecule has 0 aliphatic carbocycles. The Morgan fingerprint density at radius 1 is 1.30 bits per heavy atom. The van der Waals surface area contributed by atoms with E-state index in [0.717, 1.165) is 41.7 Å². The lowest BCUT2D eigenvalue weighted by molar-refractivity contribution is -0.113. The third kappa shape index (κ3) is 6.17. The zero-order valence-electron chi connectivity index (χ0n) is 17.1. The van der Waals surface area contributed by atoms with Crippen molar-refractivity contribution in [1.29, 1.82) is 0 Å². The van der Waals surface area contributed by atoms with Gasteiger partial charge in [0.1, 0.15) is 11.6 Å². The van der Waals surface area contributed by atoms with E-state index in [-0.39, 0.29) is 11.7 Å². The summed E-state index contributed by atoms with van der Waals surface area (Å²) in [7, 11) is 1.67. The zero-order chi connectivity index (χ0) is 21.3. The van der Waals surface area contributed by atoms with E-state index in [1.54, 1.807) is 7.11 Å². The van der Waals surface area contributed by atoms with Crippen LogP contribution in [0.5, 0.6) is 5.75 Å². The van der Waals surface area contributed by atoms with E-state index >= 15 is 0 Å². The molecule has 7 nitrogen and oxygen atoms in total.